The van der Waals surface area contributed by atoms with Crippen molar-refractivity contribution in [1.29, 1.82) is 0 Å². The lowest BCUT2D eigenvalue weighted by molar-refractivity contribution is 0.147. The number of hydrogen-bond donors (Lipinski definition) is 1. The Bertz CT molecular complexity index is 270. The standard InChI is InChI=1S/C17H34N2S/c1-4-11-19-12-7-8-15(13-19)14(3)18-16-9-6-10-17(16)20-5-2/h14-18H,4-13H2,1-3H3. The third kappa shape index (κ3) is 4.64. The van der Waals surface area contributed by atoms with E-state index in [1.54, 1.807) is 0 Å². The van der Waals surface area contributed by atoms with Crippen LogP contribution in [0, 0.1) is 5.92 Å². The van der Waals surface area contributed by atoms with Crippen LogP contribution in [0.5, 0.6) is 0 Å². The third-order valence-electron chi connectivity index (χ3n) is 5.10. The SMILES string of the molecule is CCCN1CCCC(C(C)NC2CCCC2SCC)C1. The van der Waals surface area contributed by atoms with Crippen molar-refractivity contribution in [3.05, 3.63) is 0 Å². The number of hydrogen-bond acceptors (Lipinski definition) is 3. The number of likely N-dealkylation sites (tertiary alicyclic amines) is 1. The zero-order chi connectivity index (χ0) is 14.4. The van der Waals surface area contributed by atoms with Gasteiger partial charge in [0.2, 0.25) is 0 Å². The van der Waals surface area contributed by atoms with Crippen LogP contribution in [0.15, 0.2) is 0 Å². The number of nitrogens with one attached hydrogen (secondary N) is 1. The van der Waals surface area contributed by atoms with Gasteiger partial charge in [0.25, 0.3) is 0 Å². The summed E-state index contributed by atoms with van der Waals surface area (Å²) in [6.45, 7) is 11.0. The molecule has 0 aromatic carbocycles. The molecule has 20 heavy (non-hydrogen) atoms. The lowest BCUT2D eigenvalue weighted by Crippen LogP contribution is -2.49. The highest BCUT2D eigenvalue weighted by atomic mass is 32.2. The van der Waals surface area contributed by atoms with Gasteiger partial charge >= 0.3 is 0 Å². The van der Waals surface area contributed by atoms with Crippen LogP contribution in [0.1, 0.15) is 59.3 Å². The molecule has 1 heterocycles. The minimum Gasteiger partial charge on any atom is -0.310 e. The highest BCUT2D eigenvalue weighted by molar-refractivity contribution is 7.99. The van der Waals surface area contributed by atoms with E-state index in [4.69, 9.17) is 0 Å². The minimum atomic E-state index is 0.692. The van der Waals surface area contributed by atoms with E-state index in [0.717, 1.165) is 17.2 Å². The molecule has 1 aliphatic carbocycles. The fraction of sp³-hybridized carbons (Fsp3) is 1.00. The van der Waals surface area contributed by atoms with E-state index in [1.807, 2.05) is 0 Å². The van der Waals surface area contributed by atoms with Gasteiger partial charge in [0.05, 0.1) is 0 Å². The zero-order valence-corrected chi connectivity index (χ0v) is 14.6. The first-order chi connectivity index (χ1) is 9.74. The van der Waals surface area contributed by atoms with Gasteiger partial charge in [-0.25, -0.2) is 0 Å². The van der Waals surface area contributed by atoms with E-state index in [-0.39, 0.29) is 0 Å². The molecule has 2 rings (SSSR count). The summed E-state index contributed by atoms with van der Waals surface area (Å²) in [7, 11) is 0. The minimum absolute atomic E-state index is 0.692. The quantitative estimate of drug-likeness (QED) is 0.770. The van der Waals surface area contributed by atoms with E-state index in [2.05, 4.69) is 42.7 Å². The molecule has 1 aliphatic heterocycles. The van der Waals surface area contributed by atoms with Gasteiger partial charge < -0.3 is 10.2 Å². The van der Waals surface area contributed by atoms with Gasteiger partial charge in [0.1, 0.15) is 0 Å². The monoisotopic (exact) mass is 298 g/mol. The van der Waals surface area contributed by atoms with Gasteiger partial charge in [-0.2, -0.15) is 11.8 Å². The molecular formula is C17H34N2S. The van der Waals surface area contributed by atoms with Crippen molar-refractivity contribution in [2.45, 2.75) is 76.6 Å². The van der Waals surface area contributed by atoms with Crippen molar-refractivity contribution < 1.29 is 0 Å². The van der Waals surface area contributed by atoms with Crippen molar-refractivity contribution in [2.24, 2.45) is 5.92 Å². The highest BCUT2D eigenvalue weighted by Gasteiger charge is 2.31. The van der Waals surface area contributed by atoms with Crippen LogP contribution >= 0.6 is 11.8 Å². The predicted molar refractivity (Wildman–Crippen MR) is 91.6 cm³/mol. The molecule has 0 bridgehead atoms. The average molecular weight is 299 g/mol. The first-order valence-electron chi connectivity index (χ1n) is 8.84. The van der Waals surface area contributed by atoms with Gasteiger partial charge in [0.15, 0.2) is 0 Å². The molecule has 4 atom stereocenters. The van der Waals surface area contributed by atoms with Crippen molar-refractivity contribution in [1.82, 2.24) is 10.2 Å². The van der Waals surface area contributed by atoms with Crippen LogP contribution in [0.4, 0.5) is 0 Å². The second-order valence-corrected chi connectivity index (χ2v) is 8.21. The molecule has 2 fully saturated rings. The smallest absolute Gasteiger partial charge is 0.0201 e. The summed E-state index contributed by atoms with van der Waals surface area (Å²) in [5.74, 6) is 2.13. The van der Waals surface area contributed by atoms with Gasteiger partial charge in [-0.15, -0.1) is 0 Å². The van der Waals surface area contributed by atoms with Gasteiger partial charge in [0, 0.05) is 23.9 Å². The molecule has 0 radical (unpaired) electrons. The topological polar surface area (TPSA) is 15.3 Å². The first-order valence-corrected chi connectivity index (χ1v) is 9.89. The fourth-order valence-corrected chi connectivity index (χ4v) is 5.23. The van der Waals surface area contributed by atoms with Gasteiger partial charge in [-0.1, -0.05) is 20.3 Å². The van der Waals surface area contributed by atoms with Crippen LogP contribution in [0.3, 0.4) is 0 Å². The van der Waals surface area contributed by atoms with Crippen molar-refractivity contribution >= 4 is 11.8 Å². The van der Waals surface area contributed by atoms with Crippen LogP contribution in [0.2, 0.25) is 0 Å². The normalized spacial score (nSPS) is 33.5. The number of piperidine rings is 1. The molecule has 2 aliphatic rings. The van der Waals surface area contributed by atoms with E-state index in [9.17, 15) is 0 Å². The molecule has 0 aromatic heterocycles. The Morgan fingerprint density at radius 2 is 2.05 bits per heavy atom. The Labute approximate surface area is 130 Å². The molecule has 1 N–H and O–H groups in total. The Balaban J connectivity index is 1.79. The van der Waals surface area contributed by atoms with Crippen molar-refractivity contribution in [3.8, 4) is 0 Å². The van der Waals surface area contributed by atoms with Crippen LogP contribution in [-0.2, 0) is 0 Å². The summed E-state index contributed by atoms with van der Waals surface area (Å²) >= 11 is 2.17. The van der Waals surface area contributed by atoms with Crippen LogP contribution in [0.25, 0.3) is 0 Å². The largest absolute Gasteiger partial charge is 0.310 e. The number of thioether (sulfide) groups is 1. The molecule has 118 valence electrons. The highest BCUT2D eigenvalue weighted by Crippen LogP contribution is 2.31. The second-order valence-electron chi connectivity index (χ2n) is 6.69. The van der Waals surface area contributed by atoms with Crippen molar-refractivity contribution in [2.75, 3.05) is 25.4 Å². The Hall–Kier alpha value is 0.270. The molecule has 1 saturated carbocycles. The second kappa shape index (κ2) is 8.65. The molecular weight excluding hydrogens is 264 g/mol. The summed E-state index contributed by atoms with van der Waals surface area (Å²) in [6.07, 6.45) is 8.37. The maximum atomic E-state index is 4.00. The Morgan fingerprint density at radius 1 is 1.20 bits per heavy atom. The molecule has 0 spiro atoms. The molecule has 2 nitrogen and oxygen atoms in total. The van der Waals surface area contributed by atoms with Crippen molar-refractivity contribution in [3.63, 3.8) is 0 Å². The van der Waals surface area contributed by atoms with Gasteiger partial charge in [-0.3, -0.25) is 0 Å². The van der Waals surface area contributed by atoms with E-state index >= 15 is 0 Å². The summed E-state index contributed by atoms with van der Waals surface area (Å²) in [5, 5.41) is 4.87. The summed E-state index contributed by atoms with van der Waals surface area (Å²) in [6, 6.07) is 1.47. The Kier molecular flexibility index (Phi) is 7.20. The van der Waals surface area contributed by atoms with E-state index in [1.165, 1.54) is 63.9 Å². The van der Waals surface area contributed by atoms with E-state index in [0.29, 0.717) is 6.04 Å². The van der Waals surface area contributed by atoms with E-state index < -0.39 is 0 Å². The maximum absolute atomic E-state index is 4.00. The summed E-state index contributed by atoms with van der Waals surface area (Å²) in [4.78, 5) is 2.68. The molecule has 0 aromatic rings. The molecule has 4 unspecified atom stereocenters. The number of rotatable bonds is 7. The first kappa shape index (κ1) is 16.6. The lowest BCUT2D eigenvalue weighted by atomic mass is 9.91. The maximum Gasteiger partial charge on any atom is 0.0201 e. The molecule has 0 amide bonds. The summed E-state index contributed by atoms with van der Waals surface area (Å²) < 4.78 is 0. The molecule has 3 heteroatoms. The average Bonchev–Trinajstić information content (AvgIpc) is 2.87. The fourth-order valence-electron chi connectivity index (χ4n) is 4.02. The van der Waals surface area contributed by atoms with Gasteiger partial charge in [-0.05, 0) is 63.8 Å². The third-order valence-corrected chi connectivity index (χ3v) is 6.42. The van der Waals surface area contributed by atoms with Crippen LogP contribution in [-0.4, -0.2) is 47.6 Å². The predicted octanol–water partition coefficient (Wildman–Crippen LogP) is 3.76. The zero-order valence-electron chi connectivity index (χ0n) is 13.7. The molecule has 1 saturated heterocycles. The number of nitrogens with zero attached hydrogens (tertiary/aromatic N) is 1. The van der Waals surface area contributed by atoms with Crippen LogP contribution < -0.4 is 5.32 Å². The lowest BCUT2D eigenvalue weighted by Gasteiger charge is -2.37. The Morgan fingerprint density at radius 3 is 2.80 bits per heavy atom. The summed E-state index contributed by atoms with van der Waals surface area (Å²) in [5.41, 5.74) is 0.